The van der Waals surface area contributed by atoms with Gasteiger partial charge in [-0.05, 0) is 31.9 Å². The summed E-state index contributed by atoms with van der Waals surface area (Å²) in [7, 11) is 0. The molecule has 1 unspecified atom stereocenters. The van der Waals surface area contributed by atoms with E-state index in [0.29, 0.717) is 11.3 Å². The van der Waals surface area contributed by atoms with Crippen molar-refractivity contribution >= 4 is 17.8 Å². The molecule has 1 aromatic heterocycles. The Balaban J connectivity index is 2.95. The van der Waals surface area contributed by atoms with Crippen LogP contribution in [0.5, 0.6) is 0 Å². The van der Waals surface area contributed by atoms with Crippen LogP contribution < -0.4 is 10.9 Å². The van der Waals surface area contributed by atoms with Crippen LogP contribution in [0.1, 0.15) is 34.5 Å². The van der Waals surface area contributed by atoms with Gasteiger partial charge >= 0.3 is 11.9 Å². The van der Waals surface area contributed by atoms with Crippen molar-refractivity contribution in [3.8, 4) is 0 Å². The maximum Gasteiger partial charge on any atom is 0.326 e. The van der Waals surface area contributed by atoms with Crippen LogP contribution in [0.4, 0.5) is 0 Å². The second kappa shape index (κ2) is 6.69. The largest absolute Gasteiger partial charge is 0.481 e. The zero-order valence-electron chi connectivity index (χ0n) is 11.6. The molecule has 0 radical (unpaired) electrons. The minimum atomic E-state index is -1.37. The first-order chi connectivity index (χ1) is 9.72. The van der Waals surface area contributed by atoms with E-state index >= 15 is 0 Å². The number of hydrogen-bond donors (Lipinski definition) is 4. The van der Waals surface area contributed by atoms with Crippen molar-refractivity contribution in [1.82, 2.24) is 10.3 Å². The Morgan fingerprint density at radius 2 is 1.90 bits per heavy atom. The third kappa shape index (κ3) is 4.44. The molecule has 4 N–H and O–H groups in total. The van der Waals surface area contributed by atoms with Gasteiger partial charge in [-0.3, -0.25) is 14.4 Å². The van der Waals surface area contributed by atoms with E-state index in [9.17, 15) is 19.2 Å². The second-order valence-electron chi connectivity index (χ2n) is 4.64. The molecule has 0 aliphatic heterocycles. The normalized spacial score (nSPS) is 11.7. The number of aryl methyl sites for hydroxylation is 2. The van der Waals surface area contributed by atoms with Crippen LogP contribution in [-0.4, -0.2) is 39.1 Å². The van der Waals surface area contributed by atoms with E-state index in [1.165, 1.54) is 0 Å². The van der Waals surface area contributed by atoms with Gasteiger partial charge in [-0.15, -0.1) is 0 Å². The fraction of sp³-hybridized carbons (Fsp3) is 0.385. The number of aromatic amines is 1. The van der Waals surface area contributed by atoms with E-state index < -0.39 is 35.9 Å². The van der Waals surface area contributed by atoms with Crippen molar-refractivity contribution in [3.05, 3.63) is 33.2 Å². The molecule has 1 amide bonds. The lowest BCUT2D eigenvalue weighted by Gasteiger charge is -2.14. The van der Waals surface area contributed by atoms with E-state index in [1.807, 2.05) is 0 Å². The van der Waals surface area contributed by atoms with Gasteiger partial charge in [-0.25, -0.2) is 4.79 Å². The standard InChI is InChI=1S/C13H16N2O6/c1-6-5-7(2)14-11(18)10(6)12(19)15-8(13(20)21)3-4-9(16)17/h5,8H,3-4H2,1-2H3,(H,14,18)(H,15,19)(H,16,17)(H,20,21). The number of aliphatic carboxylic acids is 2. The van der Waals surface area contributed by atoms with E-state index in [-0.39, 0.29) is 12.0 Å². The molecule has 21 heavy (non-hydrogen) atoms. The topological polar surface area (TPSA) is 137 Å². The van der Waals surface area contributed by atoms with Crippen molar-refractivity contribution in [2.24, 2.45) is 0 Å². The number of pyridine rings is 1. The van der Waals surface area contributed by atoms with E-state index in [4.69, 9.17) is 10.2 Å². The van der Waals surface area contributed by atoms with Crippen LogP contribution in [-0.2, 0) is 9.59 Å². The van der Waals surface area contributed by atoms with Crippen LogP contribution in [0.3, 0.4) is 0 Å². The molecular weight excluding hydrogens is 280 g/mol. The Kier molecular flexibility index (Phi) is 5.23. The first-order valence-corrected chi connectivity index (χ1v) is 6.18. The molecule has 0 aromatic carbocycles. The monoisotopic (exact) mass is 296 g/mol. The van der Waals surface area contributed by atoms with Gasteiger partial charge < -0.3 is 20.5 Å². The van der Waals surface area contributed by atoms with Gasteiger partial charge in [0.15, 0.2) is 0 Å². The van der Waals surface area contributed by atoms with Gasteiger partial charge in [0, 0.05) is 12.1 Å². The number of carbonyl (C=O) groups excluding carboxylic acids is 1. The van der Waals surface area contributed by atoms with Crippen molar-refractivity contribution in [2.45, 2.75) is 32.7 Å². The minimum Gasteiger partial charge on any atom is -0.481 e. The van der Waals surface area contributed by atoms with Crippen LogP contribution in [0.2, 0.25) is 0 Å². The predicted octanol–water partition coefficient (Wildman–Crippen LogP) is 0.0395. The summed E-state index contributed by atoms with van der Waals surface area (Å²) in [6.45, 7) is 3.22. The van der Waals surface area contributed by atoms with Gasteiger partial charge in [0.05, 0.1) is 0 Å². The maximum absolute atomic E-state index is 12.0. The zero-order valence-corrected chi connectivity index (χ0v) is 11.6. The molecule has 1 atom stereocenters. The highest BCUT2D eigenvalue weighted by atomic mass is 16.4. The van der Waals surface area contributed by atoms with Gasteiger partial charge in [0.25, 0.3) is 11.5 Å². The average molecular weight is 296 g/mol. The summed E-state index contributed by atoms with van der Waals surface area (Å²) in [6, 6.07) is 0.220. The minimum absolute atomic E-state index is 0.179. The van der Waals surface area contributed by atoms with Crippen molar-refractivity contribution < 1.29 is 24.6 Å². The quantitative estimate of drug-likeness (QED) is 0.585. The smallest absolute Gasteiger partial charge is 0.326 e. The molecule has 0 aliphatic rings. The number of rotatable bonds is 6. The lowest BCUT2D eigenvalue weighted by atomic mass is 10.1. The highest BCUT2D eigenvalue weighted by Crippen LogP contribution is 2.05. The first-order valence-electron chi connectivity index (χ1n) is 6.18. The van der Waals surface area contributed by atoms with Crippen molar-refractivity contribution in [1.29, 1.82) is 0 Å². The molecule has 1 heterocycles. The Hall–Kier alpha value is -2.64. The Bertz CT molecular complexity index is 634. The van der Waals surface area contributed by atoms with E-state index in [0.717, 1.165) is 0 Å². The lowest BCUT2D eigenvalue weighted by Crippen LogP contribution is -2.43. The highest BCUT2D eigenvalue weighted by molar-refractivity contribution is 5.97. The lowest BCUT2D eigenvalue weighted by molar-refractivity contribution is -0.140. The third-order valence-corrected chi connectivity index (χ3v) is 2.84. The summed E-state index contributed by atoms with van der Waals surface area (Å²) in [5.74, 6) is -3.36. The second-order valence-corrected chi connectivity index (χ2v) is 4.64. The summed E-state index contributed by atoms with van der Waals surface area (Å²) in [5.41, 5.74) is 0.195. The van der Waals surface area contributed by atoms with Gasteiger partial charge in [-0.1, -0.05) is 0 Å². The molecule has 8 nitrogen and oxygen atoms in total. The molecule has 0 saturated carbocycles. The maximum atomic E-state index is 12.0. The zero-order chi connectivity index (χ0) is 16.2. The predicted molar refractivity (Wildman–Crippen MR) is 72.3 cm³/mol. The first kappa shape index (κ1) is 16.4. The average Bonchev–Trinajstić information content (AvgIpc) is 2.32. The number of carboxylic acids is 2. The number of hydrogen-bond acceptors (Lipinski definition) is 4. The van der Waals surface area contributed by atoms with Gasteiger partial charge in [0.1, 0.15) is 11.6 Å². The molecule has 0 fully saturated rings. The van der Waals surface area contributed by atoms with Gasteiger partial charge in [0.2, 0.25) is 0 Å². The Labute approximate surface area is 119 Å². The third-order valence-electron chi connectivity index (χ3n) is 2.84. The van der Waals surface area contributed by atoms with Gasteiger partial charge in [-0.2, -0.15) is 0 Å². The van der Waals surface area contributed by atoms with Crippen molar-refractivity contribution in [2.75, 3.05) is 0 Å². The molecule has 0 saturated heterocycles. The Morgan fingerprint density at radius 3 is 2.38 bits per heavy atom. The number of carboxylic acid groups (broad SMARTS) is 2. The van der Waals surface area contributed by atoms with Crippen LogP contribution in [0.25, 0.3) is 0 Å². The molecule has 0 spiro atoms. The van der Waals surface area contributed by atoms with Crippen molar-refractivity contribution in [3.63, 3.8) is 0 Å². The summed E-state index contributed by atoms with van der Waals surface area (Å²) < 4.78 is 0. The summed E-state index contributed by atoms with van der Waals surface area (Å²) in [6.07, 6.45) is -0.667. The summed E-state index contributed by atoms with van der Waals surface area (Å²) in [4.78, 5) is 47.7. The molecule has 114 valence electrons. The molecule has 0 bridgehead atoms. The number of nitrogens with one attached hydrogen (secondary N) is 2. The molecular formula is C13H16N2O6. The fourth-order valence-electron chi connectivity index (χ4n) is 1.89. The summed E-state index contributed by atoms with van der Waals surface area (Å²) >= 11 is 0. The SMILES string of the molecule is Cc1cc(C)c(C(=O)NC(CCC(=O)O)C(=O)O)c(=O)[nH]1. The molecule has 0 aliphatic carbocycles. The number of H-pyrrole nitrogens is 1. The fourth-order valence-corrected chi connectivity index (χ4v) is 1.89. The number of amides is 1. The van der Waals surface area contributed by atoms with Crippen LogP contribution >= 0.6 is 0 Å². The molecule has 1 aromatic rings. The highest BCUT2D eigenvalue weighted by Gasteiger charge is 2.23. The molecule has 1 rings (SSSR count). The number of aromatic nitrogens is 1. The van der Waals surface area contributed by atoms with E-state index in [2.05, 4.69) is 10.3 Å². The Morgan fingerprint density at radius 1 is 1.29 bits per heavy atom. The van der Waals surface area contributed by atoms with Crippen LogP contribution in [0, 0.1) is 13.8 Å². The van der Waals surface area contributed by atoms with E-state index in [1.54, 1.807) is 19.9 Å². The number of carbonyl (C=O) groups is 3. The summed E-state index contributed by atoms with van der Waals surface area (Å²) in [5, 5.41) is 19.7. The van der Waals surface area contributed by atoms with Crippen LogP contribution in [0.15, 0.2) is 10.9 Å². The molecule has 8 heteroatoms.